The van der Waals surface area contributed by atoms with Crippen LogP contribution in [0.1, 0.15) is 5.56 Å². The van der Waals surface area contributed by atoms with Gasteiger partial charge in [-0.1, -0.05) is 6.07 Å². The quantitative estimate of drug-likeness (QED) is 0.876. The third kappa shape index (κ3) is 3.26. The molecule has 0 aliphatic rings. The molecule has 0 atom stereocenters. The van der Waals surface area contributed by atoms with E-state index in [1.54, 1.807) is 30.3 Å². The van der Waals surface area contributed by atoms with Crippen LogP contribution in [-0.2, 0) is 9.84 Å². The maximum Gasteiger partial charge on any atom is 0.175 e. The Bertz CT molecular complexity index is 708. The van der Waals surface area contributed by atoms with E-state index in [1.165, 1.54) is 18.4 Å². The Morgan fingerprint density at radius 1 is 1.11 bits per heavy atom. The van der Waals surface area contributed by atoms with Crippen molar-refractivity contribution < 1.29 is 13.2 Å². The molecule has 4 nitrogen and oxygen atoms in total. The number of benzene rings is 2. The first kappa shape index (κ1) is 13.4. The van der Waals surface area contributed by atoms with Crippen LogP contribution in [0.3, 0.4) is 0 Å². The molecule has 0 bridgehead atoms. The van der Waals surface area contributed by atoms with Gasteiger partial charge >= 0.3 is 0 Å². The van der Waals surface area contributed by atoms with Gasteiger partial charge < -0.3 is 10.5 Å². The van der Waals surface area contributed by atoms with E-state index in [0.717, 1.165) is 5.56 Å². The van der Waals surface area contributed by atoms with Crippen LogP contribution in [0.2, 0.25) is 0 Å². The fourth-order valence-electron chi connectivity index (χ4n) is 1.68. The van der Waals surface area contributed by atoms with Crippen molar-refractivity contribution in [2.24, 2.45) is 0 Å². The molecule has 2 aromatic rings. The number of sulfone groups is 1. The summed E-state index contributed by atoms with van der Waals surface area (Å²) in [4.78, 5) is 0.234. The average Bonchev–Trinajstić information content (AvgIpc) is 2.32. The van der Waals surface area contributed by atoms with Gasteiger partial charge in [-0.25, -0.2) is 8.42 Å². The zero-order chi connectivity index (χ0) is 14.0. The minimum absolute atomic E-state index is 0.234. The molecule has 0 heterocycles. The van der Waals surface area contributed by atoms with Crippen LogP contribution < -0.4 is 10.5 Å². The van der Waals surface area contributed by atoms with Crippen molar-refractivity contribution in [3.63, 3.8) is 0 Å². The van der Waals surface area contributed by atoms with E-state index >= 15 is 0 Å². The summed E-state index contributed by atoms with van der Waals surface area (Å²) >= 11 is 0. The third-order valence-electron chi connectivity index (χ3n) is 2.66. The number of hydrogen-bond acceptors (Lipinski definition) is 4. The van der Waals surface area contributed by atoms with Crippen LogP contribution in [0.5, 0.6) is 11.5 Å². The molecule has 0 radical (unpaired) electrons. The fraction of sp³-hybridized carbons (Fsp3) is 0.143. The first-order chi connectivity index (χ1) is 8.86. The van der Waals surface area contributed by atoms with Gasteiger partial charge in [0.25, 0.3) is 0 Å². The molecule has 0 saturated carbocycles. The standard InChI is InChI=1S/C14H15NO3S/c1-10-8-11(15)6-7-14(10)18-12-4-3-5-13(9-12)19(2,16)17/h3-9H,15H2,1-2H3. The van der Waals surface area contributed by atoms with E-state index in [1.807, 2.05) is 6.92 Å². The van der Waals surface area contributed by atoms with Gasteiger partial charge in [0.1, 0.15) is 11.5 Å². The Morgan fingerprint density at radius 2 is 1.84 bits per heavy atom. The Labute approximate surface area is 112 Å². The minimum atomic E-state index is -3.23. The second-order valence-corrected chi connectivity index (χ2v) is 6.39. The van der Waals surface area contributed by atoms with Crippen molar-refractivity contribution >= 4 is 15.5 Å². The summed E-state index contributed by atoms with van der Waals surface area (Å²) < 4.78 is 28.6. The number of aryl methyl sites for hydroxylation is 1. The Kier molecular flexibility index (Phi) is 3.48. The molecule has 19 heavy (non-hydrogen) atoms. The number of anilines is 1. The number of ether oxygens (including phenoxy) is 1. The highest BCUT2D eigenvalue weighted by Crippen LogP contribution is 2.27. The Balaban J connectivity index is 2.34. The molecule has 0 amide bonds. The highest BCUT2D eigenvalue weighted by atomic mass is 32.2. The number of rotatable bonds is 3. The molecule has 100 valence electrons. The van der Waals surface area contributed by atoms with Gasteiger partial charge in [-0.2, -0.15) is 0 Å². The second-order valence-electron chi connectivity index (χ2n) is 4.37. The topological polar surface area (TPSA) is 69.4 Å². The van der Waals surface area contributed by atoms with Crippen LogP contribution in [0, 0.1) is 6.92 Å². The Morgan fingerprint density at radius 3 is 2.47 bits per heavy atom. The average molecular weight is 277 g/mol. The molecule has 0 spiro atoms. The highest BCUT2D eigenvalue weighted by molar-refractivity contribution is 7.90. The summed E-state index contributed by atoms with van der Waals surface area (Å²) in [6, 6.07) is 11.7. The molecule has 2 rings (SSSR count). The van der Waals surface area contributed by atoms with E-state index in [9.17, 15) is 8.42 Å². The van der Waals surface area contributed by atoms with E-state index in [-0.39, 0.29) is 4.90 Å². The zero-order valence-electron chi connectivity index (χ0n) is 10.8. The maximum absolute atomic E-state index is 11.5. The van der Waals surface area contributed by atoms with Crippen molar-refractivity contribution in [3.05, 3.63) is 48.0 Å². The summed E-state index contributed by atoms with van der Waals surface area (Å²) in [6.07, 6.45) is 1.17. The zero-order valence-corrected chi connectivity index (χ0v) is 11.6. The van der Waals surface area contributed by atoms with Gasteiger partial charge in [-0.15, -0.1) is 0 Å². The molecule has 0 aliphatic heterocycles. The highest BCUT2D eigenvalue weighted by Gasteiger charge is 2.09. The van der Waals surface area contributed by atoms with Gasteiger partial charge in [0.15, 0.2) is 9.84 Å². The summed E-state index contributed by atoms with van der Waals surface area (Å²) in [5.41, 5.74) is 7.22. The number of hydrogen-bond donors (Lipinski definition) is 1. The predicted molar refractivity (Wildman–Crippen MR) is 75.2 cm³/mol. The molecule has 0 aromatic heterocycles. The van der Waals surface area contributed by atoms with Crippen LogP contribution in [0.25, 0.3) is 0 Å². The summed E-state index contributed by atoms with van der Waals surface area (Å²) in [7, 11) is -3.23. The van der Waals surface area contributed by atoms with Gasteiger partial charge in [0, 0.05) is 11.9 Å². The smallest absolute Gasteiger partial charge is 0.175 e. The lowest BCUT2D eigenvalue weighted by Crippen LogP contribution is -1.97. The molecule has 0 fully saturated rings. The van der Waals surface area contributed by atoms with Crippen molar-refractivity contribution in [2.75, 3.05) is 12.0 Å². The lowest BCUT2D eigenvalue weighted by molar-refractivity contribution is 0.477. The molecule has 0 aliphatic carbocycles. The van der Waals surface area contributed by atoms with Crippen molar-refractivity contribution in [3.8, 4) is 11.5 Å². The molecular weight excluding hydrogens is 262 g/mol. The number of nitrogen functional groups attached to an aromatic ring is 1. The van der Waals surface area contributed by atoms with E-state index in [4.69, 9.17) is 10.5 Å². The van der Waals surface area contributed by atoms with Crippen LogP contribution in [-0.4, -0.2) is 14.7 Å². The van der Waals surface area contributed by atoms with Crippen LogP contribution in [0.15, 0.2) is 47.4 Å². The van der Waals surface area contributed by atoms with E-state index < -0.39 is 9.84 Å². The normalized spacial score (nSPS) is 11.3. The van der Waals surface area contributed by atoms with Gasteiger partial charge in [0.05, 0.1) is 4.90 Å². The minimum Gasteiger partial charge on any atom is -0.457 e. The summed E-state index contributed by atoms with van der Waals surface area (Å²) in [5, 5.41) is 0. The SMILES string of the molecule is Cc1cc(N)ccc1Oc1cccc(S(C)(=O)=O)c1. The molecule has 2 aromatic carbocycles. The second kappa shape index (κ2) is 4.93. The summed E-state index contributed by atoms with van der Waals surface area (Å²) in [5.74, 6) is 1.13. The lowest BCUT2D eigenvalue weighted by Gasteiger charge is -2.10. The first-order valence-corrected chi connectivity index (χ1v) is 7.59. The van der Waals surface area contributed by atoms with Crippen molar-refractivity contribution in [1.82, 2.24) is 0 Å². The van der Waals surface area contributed by atoms with E-state index in [0.29, 0.717) is 17.2 Å². The van der Waals surface area contributed by atoms with Gasteiger partial charge in [0.2, 0.25) is 0 Å². The van der Waals surface area contributed by atoms with Crippen molar-refractivity contribution in [1.29, 1.82) is 0 Å². The van der Waals surface area contributed by atoms with Gasteiger partial charge in [-0.05, 0) is 48.9 Å². The maximum atomic E-state index is 11.5. The van der Waals surface area contributed by atoms with Crippen LogP contribution >= 0.6 is 0 Å². The van der Waals surface area contributed by atoms with E-state index in [2.05, 4.69) is 0 Å². The Hall–Kier alpha value is -2.01. The monoisotopic (exact) mass is 277 g/mol. The van der Waals surface area contributed by atoms with Gasteiger partial charge in [-0.3, -0.25) is 0 Å². The van der Waals surface area contributed by atoms with Crippen molar-refractivity contribution in [2.45, 2.75) is 11.8 Å². The fourth-order valence-corrected chi connectivity index (χ4v) is 2.34. The molecule has 0 unspecified atom stereocenters. The lowest BCUT2D eigenvalue weighted by atomic mass is 10.2. The first-order valence-electron chi connectivity index (χ1n) is 5.70. The largest absolute Gasteiger partial charge is 0.457 e. The predicted octanol–water partition coefficient (Wildman–Crippen LogP) is 2.77. The molecule has 0 saturated heterocycles. The number of nitrogens with two attached hydrogens (primary N) is 1. The molecule has 5 heteroatoms. The molecular formula is C14H15NO3S. The third-order valence-corrected chi connectivity index (χ3v) is 3.77. The summed E-state index contributed by atoms with van der Waals surface area (Å²) in [6.45, 7) is 1.88. The molecule has 2 N–H and O–H groups in total. The van der Waals surface area contributed by atoms with Crippen LogP contribution in [0.4, 0.5) is 5.69 Å².